The van der Waals surface area contributed by atoms with E-state index < -0.39 is 0 Å². The number of methoxy groups -OCH3 is 1. The summed E-state index contributed by atoms with van der Waals surface area (Å²) < 4.78 is 10.1. The molecule has 1 rings (SSSR count). The summed E-state index contributed by atoms with van der Waals surface area (Å²) in [5.74, 6) is 1.22. The molecule has 0 unspecified atom stereocenters. The van der Waals surface area contributed by atoms with Crippen molar-refractivity contribution in [2.75, 3.05) is 7.11 Å². The van der Waals surface area contributed by atoms with Crippen LogP contribution in [0, 0.1) is 5.92 Å². The van der Waals surface area contributed by atoms with Gasteiger partial charge in [0.15, 0.2) is 0 Å². The Hall–Kier alpha value is -1.77. The van der Waals surface area contributed by atoms with Crippen molar-refractivity contribution in [1.82, 2.24) is 0 Å². The Labute approximate surface area is 95.7 Å². The van der Waals surface area contributed by atoms with Gasteiger partial charge in [-0.1, -0.05) is 19.9 Å². The number of esters is 1. The number of rotatable bonds is 4. The van der Waals surface area contributed by atoms with E-state index in [1.165, 1.54) is 6.08 Å². The van der Waals surface area contributed by atoms with Crippen LogP contribution in [0.4, 0.5) is 0 Å². The van der Waals surface area contributed by atoms with E-state index in [2.05, 4.69) is 0 Å². The van der Waals surface area contributed by atoms with Gasteiger partial charge in [0.2, 0.25) is 0 Å². The molecular weight excluding hydrogens is 204 g/mol. The largest absolute Gasteiger partial charge is 0.497 e. The zero-order chi connectivity index (χ0) is 12.0. The highest BCUT2D eigenvalue weighted by Crippen LogP contribution is 2.17. The van der Waals surface area contributed by atoms with Gasteiger partial charge >= 0.3 is 5.97 Å². The lowest BCUT2D eigenvalue weighted by molar-refractivity contribution is -0.129. The number of hydrogen-bond donors (Lipinski definition) is 0. The molecule has 16 heavy (non-hydrogen) atoms. The zero-order valence-electron chi connectivity index (χ0n) is 9.77. The highest BCUT2D eigenvalue weighted by molar-refractivity contribution is 5.84. The summed E-state index contributed by atoms with van der Waals surface area (Å²) in [5.41, 5.74) is 0. The fourth-order valence-electron chi connectivity index (χ4n) is 1.06. The normalized spacial score (nSPS) is 10.8. The molecule has 0 radical (unpaired) electrons. The van der Waals surface area contributed by atoms with Gasteiger partial charge in [0.1, 0.15) is 11.5 Å². The van der Waals surface area contributed by atoms with Crippen LogP contribution in [-0.4, -0.2) is 13.1 Å². The van der Waals surface area contributed by atoms with Crippen molar-refractivity contribution in [3.05, 3.63) is 36.4 Å². The first-order valence-corrected chi connectivity index (χ1v) is 5.16. The van der Waals surface area contributed by atoms with Crippen LogP contribution in [0.25, 0.3) is 0 Å². The van der Waals surface area contributed by atoms with Crippen molar-refractivity contribution in [3.8, 4) is 11.5 Å². The van der Waals surface area contributed by atoms with Crippen LogP contribution < -0.4 is 9.47 Å². The molecule has 1 aromatic rings. The minimum atomic E-state index is -0.362. The van der Waals surface area contributed by atoms with E-state index >= 15 is 0 Å². The van der Waals surface area contributed by atoms with Gasteiger partial charge < -0.3 is 9.47 Å². The van der Waals surface area contributed by atoms with Crippen LogP contribution >= 0.6 is 0 Å². The van der Waals surface area contributed by atoms with E-state index in [4.69, 9.17) is 9.47 Å². The number of allylic oxidation sites excluding steroid dienone is 1. The quantitative estimate of drug-likeness (QED) is 0.444. The molecule has 0 fully saturated rings. The van der Waals surface area contributed by atoms with E-state index in [0.29, 0.717) is 11.7 Å². The third-order valence-electron chi connectivity index (χ3n) is 1.90. The molecule has 0 atom stereocenters. The first kappa shape index (κ1) is 12.3. The molecule has 3 nitrogen and oxygen atoms in total. The zero-order valence-corrected chi connectivity index (χ0v) is 9.77. The maximum absolute atomic E-state index is 11.3. The van der Waals surface area contributed by atoms with E-state index in [9.17, 15) is 4.79 Å². The summed E-state index contributed by atoms with van der Waals surface area (Å²) in [5, 5.41) is 0. The molecule has 86 valence electrons. The molecule has 0 amide bonds. The number of hydrogen-bond acceptors (Lipinski definition) is 3. The molecule has 0 saturated heterocycles. The van der Waals surface area contributed by atoms with Crippen molar-refractivity contribution in [3.63, 3.8) is 0 Å². The summed E-state index contributed by atoms with van der Waals surface area (Å²) in [7, 11) is 1.59. The van der Waals surface area contributed by atoms with Crippen molar-refractivity contribution in [2.24, 2.45) is 5.92 Å². The fourth-order valence-corrected chi connectivity index (χ4v) is 1.06. The fraction of sp³-hybridized carbons (Fsp3) is 0.308. The molecular formula is C13H16O3. The van der Waals surface area contributed by atoms with Gasteiger partial charge in [0.05, 0.1) is 7.11 Å². The van der Waals surface area contributed by atoms with E-state index in [-0.39, 0.29) is 5.97 Å². The first-order chi connectivity index (χ1) is 7.61. The van der Waals surface area contributed by atoms with Crippen LogP contribution in [0.15, 0.2) is 36.4 Å². The molecule has 0 spiro atoms. The summed E-state index contributed by atoms with van der Waals surface area (Å²) in [4.78, 5) is 11.3. The Morgan fingerprint density at radius 3 is 2.25 bits per heavy atom. The van der Waals surface area contributed by atoms with Gasteiger partial charge in [-0.05, 0) is 30.2 Å². The number of carbonyl (C=O) groups is 1. The van der Waals surface area contributed by atoms with Gasteiger partial charge in [-0.25, -0.2) is 4.79 Å². The average Bonchev–Trinajstić information content (AvgIpc) is 2.27. The predicted molar refractivity (Wildman–Crippen MR) is 62.6 cm³/mol. The number of benzene rings is 1. The molecule has 0 aromatic heterocycles. The lowest BCUT2D eigenvalue weighted by atomic mass is 10.2. The maximum atomic E-state index is 11.3. The highest BCUT2D eigenvalue weighted by atomic mass is 16.5. The molecule has 0 aliphatic heterocycles. The Kier molecular flexibility index (Phi) is 4.58. The first-order valence-electron chi connectivity index (χ1n) is 5.16. The van der Waals surface area contributed by atoms with Crippen LogP contribution in [0.1, 0.15) is 13.8 Å². The Bertz CT molecular complexity index is 363. The van der Waals surface area contributed by atoms with Crippen LogP contribution in [0.2, 0.25) is 0 Å². The monoisotopic (exact) mass is 220 g/mol. The third-order valence-corrected chi connectivity index (χ3v) is 1.90. The smallest absolute Gasteiger partial charge is 0.335 e. The minimum Gasteiger partial charge on any atom is -0.497 e. The number of carbonyl (C=O) groups excluding carboxylic acids is 1. The van der Waals surface area contributed by atoms with Crippen molar-refractivity contribution >= 4 is 5.97 Å². The molecule has 0 aliphatic carbocycles. The second-order valence-corrected chi connectivity index (χ2v) is 3.70. The standard InChI is InChI=1S/C13H16O3/c1-10(2)4-9-13(14)16-12-7-5-11(15-3)6-8-12/h4-10H,1-3H3/b9-4+. The summed E-state index contributed by atoms with van der Waals surface area (Å²) in [6.45, 7) is 3.99. The molecule has 0 bridgehead atoms. The van der Waals surface area contributed by atoms with Crippen LogP contribution in [-0.2, 0) is 4.79 Å². The molecule has 0 heterocycles. The molecule has 0 N–H and O–H groups in total. The summed E-state index contributed by atoms with van der Waals surface area (Å²) in [6, 6.07) is 6.88. The lowest BCUT2D eigenvalue weighted by Crippen LogP contribution is -2.04. The predicted octanol–water partition coefficient (Wildman–Crippen LogP) is 2.81. The third kappa shape index (κ3) is 4.17. The van der Waals surface area contributed by atoms with E-state index in [1.54, 1.807) is 37.5 Å². The van der Waals surface area contributed by atoms with Gasteiger partial charge in [-0.3, -0.25) is 0 Å². The Morgan fingerprint density at radius 1 is 1.19 bits per heavy atom. The van der Waals surface area contributed by atoms with Crippen molar-refractivity contribution in [2.45, 2.75) is 13.8 Å². The van der Waals surface area contributed by atoms with Gasteiger partial charge in [-0.15, -0.1) is 0 Å². The van der Waals surface area contributed by atoms with Crippen molar-refractivity contribution < 1.29 is 14.3 Å². The van der Waals surface area contributed by atoms with Crippen LogP contribution in [0.3, 0.4) is 0 Å². The Balaban J connectivity index is 2.56. The average molecular weight is 220 g/mol. The van der Waals surface area contributed by atoms with E-state index in [0.717, 1.165) is 5.75 Å². The topological polar surface area (TPSA) is 35.5 Å². The summed E-state index contributed by atoms with van der Waals surface area (Å²) >= 11 is 0. The van der Waals surface area contributed by atoms with Gasteiger partial charge in [-0.2, -0.15) is 0 Å². The van der Waals surface area contributed by atoms with E-state index in [1.807, 2.05) is 13.8 Å². The number of ether oxygens (including phenoxy) is 2. The van der Waals surface area contributed by atoms with Gasteiger partial charge in [0, 0.05) is 6.08 Å². The highest BCUT2D eigenvalue weighted by Gasteiger charge is 2.00. The molecule has 3 heteroatoms. The second kappa shape index (κ2) is 5.95. The second-order valence-electron chi connectivity index (χ2n) is 3.70. The Morgan fingerprint density at radius 2 is 1.75 bits per heavy atom. The SMILES string of the molecule is COc1ccc(OC(=O)/C=C/C(C)C)cc1. The summed E-state index contributed by atoms with van der Waals surface area (Å²) in [6.07, 6.45) is 3.24. The molecule has 0 aliphatic rings. The maximum Gasteiger partial charge on any atom is 0.335 e. The minimum absolute atomic E-state index is 0.336. The molecule has 1 aromatic carbocycles. The van der Waals surface area contributed by atoms with Gasteiger partial charge in [0.25, 0.3) is 0 Å². The lowest BCUT2D eigenvalue weighted by Gasteiger charge is -2.03. The van der Waals surface area contributed by atoms with Crippen LogP contribution in [0.5, 0.6) is 11.5 Å². The van der Waals surface area contributed by atoms with Crippen molar-refractivity contribution in [1.29, 1.82) is 0 Å². The molecule has 0 saturated carbocycles.